The van der Waals surface area contributed by atoms with Gasteiger partial charge in [0.2, 0.25) is 5.91 Å². The van der Waals surface area contributed by atoms with Crippen LogP contribution in [0.3, 0.4) is 0 Å². The molecule has 29 heavy (non-hydrogen) atoms. The Balaban J connectivity index is 2.06. The number of carbonyl (C=O) groups is 2. The van der Waals surface area contributed by atoms with Crippen LogP contribution in [0.5, 0.6) is 0 Å². The molecule has 6 nitrogen and oxygen atoms in total. The number of ether oxygens (including phenoxy) is 1. The van der Waals surface area contributed by atoms with E-state index in [1.54, 1.807) is 31.2 Å². The summed E-state index contributed by atoms with van der Waals surface area (Å²) < 4.78 is 44.1. The van der Waals surface area contributed by atoms with Crippen LogP contribution < -0.4 is 16.0 Å². The SMILES string of the molecule is COC(C)C(=O)Nc1cccc(NC(C)C(=O)Nc2ccccc2C(F)(F)F)c1. The number of halogens is 3. The number of para-hydroxylation sites is 1. The van der Waals surface area contributed by atoms with Crippen molar-refractivity contribution in [1.29, 1.82) is 0 Å². The maximum Gasteiger partial charge on any atom is 0.418 e. The summed E-state index contributed by atoms with van der Waals surface area (Å²) in [6, 6.07) is 10.5. The highest BCUT2D eigenvalue weighted by atomic mass is 19.4. The molecule has 0 spiro atoms. The zero-order chi connectivity index (χ0) is 21.6. The zero-order valence-corrected chi connectivity index (χ0v) is 16.1. The molecule has 2 rings (SSSR count). The Morgan fingerprint density at radius 2 is 1.59 bits per heavy atom. The van der Waals surface area contributed by atoms with Crippen LogP contribution in [0.15, 0.2) is 48.5 Å². The van der Waals surface area contributed by atoms with Crippen LogP contribution in [0.2, 0.25) is 0 Å². The van der Waals surface area contributed by atoms with Crippen LogP contribution in [0.1, 0.15) is 19.4 Å². The lowest BCUT2D eigenvalue weighted by atomic mass is 10.1. The lowest BCUT2D eigenvalue weighted by Gasteiger charge is -2.18. The van der Waals surface area contributed by atoms with Gasteiger partial charge in [-0.3, -0.25) is 9.59 Å². The van der Waals surface area contributed by atoms with E-state index in [0.717, 1.165) is 6.07 Å². The Kier molecular flexibility index (Phi) is 7.22. The fourth-order valence-electron chi connectivity index (χ4n) is 2.43. The van der Waals surface area contributed by atoms with E-state index < -0.39 is 29.8 Å². The minimum absolute atomic E-state index is 0.312. The Hall–Kier alpha value is -3.07. The molecule has 3 N–H and O–H groups in total. The molecule has 0 fully saturated rings. The first-order valence-corrected chi connectivity index (χ1v) is 8.79. The van der Waals surface area contributed by atoms with Crippen LogP contribution in [0, 0.1) is 0 Å². The van der Waals surface area contributed by atoms with Crippen LogP contribution in [-0.4, -0.2) is 31.1 Å². The van der Waals surface area contributed by atoms with E-state index in [-0.39, 0.29) is 11.6 Å². The van der Waals surface area contributed by atoms with Crippen molar-refractivity contribution in [1.82, 2.24) is 0 Å². The van der Waals surface area contributed by atoms with E-state index in [4.69, 9.17) is 4.74 Å². The van der Waals surface area contributed by atoms with Crippen molar-refractivity contribution in [3.63, 3.8) is 0 Å². The van der Waals surface area contributed by atoms with Crippen molar-refractivity contribution in [2.75, 3.05) is 23.1 Å². The van der Waals surface area contributed by atoms with Gasteiger partial charge in [-0.1, -0.05) is 18.2 Å². The van der Waals surface area contributed by atoms with Crippen LogP contribution in [0.25, 0.3) is 0 Å². The quantitative estimate of drug-likeness (QED) is 0.643. The van der Waals surface area contributed by atoms with Crippen molar-refractivity contribution in [3.05, 3.63) is 54.1 Å². The number of amides is 2. The van der Waals surface area contributed by atoms with E-state index in [1.165, 1.54) is 32.2 Å². The summed E-state index contributed by atoms with van der Waals surface area (Å²) in [5.41, 5.74) is -0.232. The monoisotopic (exact) mass is 409 g/mol. The molecule has 0 saturated carbocycles. The number of hydrogen-bond acceptors (Lipinski definition) is 4. The Morgan fingerprint density at radius 1 is 0.931 bits per heavy atom. The number of alkyl halides is 3. The van der Waals surface area contributed by atoms with Gasteiger partial charge in [0.15, 0.2) is 0 Å². The molecule has 0 radical (unpaired) electrons. The van der Waals surface area contributed by atoms with E-state index in [1.807, 2.05) is 0 Å². The molecule has 0 heterocycles. The molecule has 2 amide bonds. The van der Waals surface area contributed by atoms with Gasteiger partial charge in [0.1, 0.15) is 12.1 Å². The molecule has 9 heteroatoms. The summed E-state index contributed by atoms with van der Waals surface area (Å²) in [6.45, 7) is 3.12. The van der Waals surface area contributed by atoms with Gasteiger partial charge in [0.05, 0.1) is 11.3 Å². The summed E-state index contributed by atoms with van der Waals surface area (Å²) in [4.78, 5) is 24.2. The van der Waals surface area contributed by atoms with E-state index in [2.05, 4.69) is 16.0 Å². The smallest absolute Gasteiger partial charge is 0.374 e. The van der Waals surface area contributed by atoms with Gasteiger partial charge in [0, 0.05) is 18.5 Å². The Bertz CT molecular complexity index is 871. The van der Waals surface area contributed by atoms with Gasteiger partial charge in [-0.25, -0.2) is 0 Å². The number of benzene rings is 2. The Morgan fingerprint density at radius 3 is 2.24 bits per heavy atom. The molecule has 0 aliphatic rings. The first-order valence-electron chi connectivity index (χ1n) is 8.79. The van der Waals surface area contributed by atoms with Gasteiger partial charge < -0.3 is 20.7 Å². The predicted molar refractivity (Wildman–Crippen MR) is 105 cm³/mol. The van der Waals surface area contributed by atoms with Crippen molar-refractivity contribution in [3.8, 4) is 0 Å². The molecule has 2 aromatic rings. The minimum Gasteiger partial charge on any atom is -0.374 e. The number of carbonyl (C=O) groups excluding carboxylic acids is 2. The number of anilines is 3. The zero-order valence-electron chi connectivity index (χ0n) is 16.1. The minimum atomic E-state index is -4.58. The maximum atomic E-state index is 13.1. The number of hydrogen-bond donors (Lipinski definition) is 3. The van der Waals surface area contributed by atoms with Crippen molar-refractivity contribution in [2.45, 2.75) is 32.2 Å². The van der Waals surface area contributed by atoms with Crippen molar-refractivity contribution < 1.29 is 27.5 Å². The third-order valence-corrected chi connectivity index (χ3v) is 4.12. The molecular weight excluding hydrogens is 387 g/mol. The largest absolute Gasteiger partial charge is 0.418 e. The molecular formula is C20H22F3N3O3. The molecule has 0 aliphatic heterocycles. The fourth-order valence-corrected chi connectivity index (χ4v) is 2.43. The molecule has 156 valence electrons. The highest BCUT2D eigenvalue weighted by molar-refractivity contribution is 5.97. The fraction of sp³-hybridized carbons (Fsp3) is 0.300. The van der Waals surface area contributed by atoms with Gasteiger partial charge in [-0.15, -0.1) is 0 Å². The lowest BCUT2D eigenvalue weighted by Crippen LogP contribution is -2.32. The summed E-state index contributed by atoms with van der Waals surface area (Å²) in [6.07, 6.45) is -5.21. The second-order valence-corrected chi connectivity index (χ2v) is 6.35. The number of methoxy groups -OCH3 is 1. The lowest BCUT2D eigenvalue weighted by molar-refractivity contribution is -0.137. The summed E-state index contributed by atoms with van der Waals surface area (Å²) in [5, 5.41) is 7.87. The highest BCUT2D eigenvalue weighted by Crippen LogP contribution is 2.34. The van der Waals surface area contributed by atoms with Gasteiger partial charge in [0.25, 0.3) is 5.91 Å². The molecule has 0 aromatic heterocycles. The average molecular weight is 409 g/mol. The summed E-state index contributed by atoms with van der Waals surface area (Å²) >= 11 is 0. The first kappa shape index (κ1) is 22.2. The van der Waals surface area contributed by atoms with Crippen LogP contribution >= 0.6 is 0 Å². The third-order valence-electron chi connectivity index (χ3n) is 4.12. The molecule has 2 atom stereocenters. The normalized spacial score (nSPS) is 13.3. The second-order valence-electron chi connectivity index (χ2n) is 6.35. The van der Waals surface area contributed by atoms with Gasteiger partial charge in [-0.05, 0) is 44.2 Å². The second kappa shape index (κ2) is 9.42. The molecule has 0 aliphatic carbocycles. The third kappa shape index (κ3) is 6.21. The number of rotatable bonds is 7. The molecule has 2 aromatic carbocycles. The average Bonchev–Trinajstić information content (AvgIpc) is 2.67. The molecule has 2 unspecified atom stereocenters. The van der Waals surface area contributed by atoms with Crippen LogP contribution in [-0.2, 0) is 20.5 Å². The summed E-state index contributed by atoms with van der Waals surface area (Å²) in [5.74, 6) is -0.969. The Labute approximate surface area is 166 Å². The van der Waals surface area contributed by atoms with Gasteiger partial charge in [-0.2, -0.15) is 13.2 Å². The van der Waals surface area contributed by atoms with Crippen LogP contribution in [0.4, 0.5) is 30.2 Å². The van der Waals surface area contributed by atoms with Crippen molar-refractivity contribution in [2.24, 2.45) is 0 Å². The van der Waals surface area contributed by atoms with E-state index >= 15 is 0 Å². The van der Waals surface area contributed by atoms with E-state index in [9.17, 15) is 22.8 Å². The topological polar surface area (TPSA) is 79.5 Å². The van der Waals surface area contributed by atoms with Gasteiger partial charge >= 0.3 is 6.18 Å². The van der Waals surface area contributed by atoms with E-state index in [0.29, 0.717) is 11.4 Å². The van der Waals surface area contributed by atoms with Crippen molar-refractivity contribution >= 4 is 28.9 Å². The maximum absolute atomic E-state index is 13.1. The predicted octanol–water partition coefficient (Wildman–Crippen LogP) is 4.12. The standard InChI is InChI=1S/C20H22F3N3O3/c1-12(18(27)26-17-10-5-4-9-16(17)20(21,22)23)24-14-7-6-8-15(11-14)25-19(28)13(2)29-3/h4-13,24H,1-3H3,(H,25,28)(H,26,27). The molecule has 0 bridgehead atoms. The summed E-state index contributed by atoms with van der Waals surface area (Å²) in [7, 11) is 1.42. The highest BCUT2D eigenvalue weighted by Gasteiger charge is 2.33. The molecule has 0 saturated heterocycles. The first-order chi connectivity index (χ1) is 13.6. The number of nitrogens with one attached hydrogen (secondary N) is 3.